The number of hydrogen-bond donors (Lipinski definition) is 0. The van der Waals surface area contributed by atoms with Crippen LogP contribution in [0, 0.1) is 10.1 Å². The summed E-state index contributed by atoms with van der Waals surface area (Å²) in [4.78, 5) is 21.2. The standard InChI is InChI=1S/C13H10N2O5S/c16-10-14(11-5-4-6-12(9-11)15(17)18)21(19,20)13-7-2-1-3-8-13/h1-10H. The van der Waals surface area contributed by atoms with Crippen molar-refractivity contribution in [1.82, 2.24) is 0 Å². The minimum atomic E-state index is -4.10. The molecule has 0 fully saturated rings. The van der Waals surface area contributed by atoms with Gasteiger partial charge in [0.2, 0.25) is 6.41 Å². The molecule has 0 spiro atoms. The molecule has 1 amide bonds. The number of rotatable bonds is 5. The number of carbonyl (C=O) groups is 1. The first kappa shape index (κ1) is 14.7. The molecule has 0 saturated carbocycles. The highest BCUT2D eigenvalue weighted by Crippen LogP contribution is 2.25. The molecule has 21 heavy (non-hydrogen) atoms. The molecule has 0 bridgehead atoms. The van der Waals surface area contributed by atoms with Crippen LogP contribution in [0.3, 0.4) is 0 Å². The number of nitrogens with zero attached hydrogens (tertiary/aromatic N) is 2. The molecule has 2 aromatic rings. The predicted molar refractivity (Wildman–Crippen MR) is 75.3 cm³/mol. The van der Waals surface area contributed by atoms with Gasteiger partial charge in [-0.3, -0.25) is 14.9 Å². The second-order valence-corrected chi connectivity index (χ2v) is 5.81. The highest BCUT2D eigenvalue weighted by molar-refractivity contribution is 7.93. The highest BCUT2D eigenvalue weighted by Gasteiger charge is 2.25. The van der Waals surface area contributed by atoms with Gasteiger partial charge >= 0.3 is 0 Å². The van der Waals surface area contributed by atoms with Crippen molar-refractivity contribution < 1.29 is 18.1 Å². The van der Waals surface area contributed by atoms with Gasteiger partial charge in [-0.25, -0.2) is 12.7 Å². The summed E-state index contributed by atoms with van der Waals surface area (Å²) in [5, 5.41) is 10.7. The lowest BCUT2D eigenvalue weighted by atomic mass is 10.3. The predicted octanol–water partition coefficient (Wildman–Crippen LogP) is 1.95. The maximum atomic E-state index is 12.4. The van der Waals surface area contributed by atoms with Crippen molar-refractivity contribution in [1.29, 1.82) is 0 Å². The minimum absolute atomic E-state index is 0.0800. The lowest BCUT2D eigenvalue weighted by Gasteiger charge is -2.17. The second-order valence-electron chi connectivity index (χ2n) is 4.00. The van der Waals surface area contributed by atoms with Crippen LogP contribution in [-0.2, 0) is 14.8 Å². The zero-order valence-corrected chi connectivity index (χ0v) is 11.4. The van der Waals surface area contributed by atoms with E-state index in [2.05, 4.69) is 0 Å². The van der Waals surface area contributed by atoms with Gasteiger partial charge in [0.05, 0.1) is 15.5 Å². The third kappa shape index (κ3) is 2.90. The molecule has 0 aliphatic rings. The van der Waals surface area contributed by atoms with E-state index in [4.69, 9.17) is 0 Å². The van der Waals surface area contributed by atoms with Gasteiger partial charge in [0.1, 0.15) is 0 Å². The fraction of sp³-hybridized carbons (Fsp3) is 0. The Balaban J connectivity index is 2.52. The van der Waals surface area contributed by atoms with Crippen LogP contribution in [-0.4, -0.2) is 19.8 Å². The van der Waals surface area contributed by atoms with Crippen molar-refractivity contribution in [2.45, 2.75) is 4.90 Å². The fourth-order valence-corrected chi connectivity index (χ4v) is 2.94. The lowest BCUT2D eigenvalue weighted by Crippen LogP contribution is -2.29. The van der Waals surface area contributed by atoms with E-state index in [9.17, 15) is 23.3 Å². The molecular weight excluding hydrogens is 296 g/mol. The second kappa shape index (κ2) is 5.71. The molecular formula is C13H10N2O5S. The van der Waals surface area contributed by atoms with Crippen molar-refractivity contribution in [2.75, 3.05) is 4.31 Å². The Hall–Kier alpha value is -2.74. The molecule has 0 aliphatic heterocycles. The van der Waals surface area contributed by atoms with E-state index in [0.717, 1.165) is 6.07 Å². The maximum absolute atomic E-state index is 12.4. The molecule has 0 aliphatic carbocycles. The SMILES string of the molecule is O=CN(c1cccc([N+](=O)[O-])c1)S(=O)(=O)c1ccccc1. The van der Waals surface area contributed by atoms with E-state index in [-0.39, 0.29) is 22.7 Å². The average Bonchev–Trinajstić information content (AvgIpc) is 2.49. The van der Waals surface area contributed by atoms with E-state index in [1.54, 1.807) is 6.07 Å². The van der Waals surface area contributed by atoms with Gasteiger partial charge < -0.3 is 0 Å². The lowest BCUT2D eigenvalue weighted by molar-refractivity contribution is -0.384. The summed E-state index contributed by atoms with van der Waals surface area (Å²) < 4.78 is 25.2. The van der Waals surface area contributed by atoms with E-state index in [1.807, 2.05) is 0 Å². The zero-order valence-electron chi connectivity index (χ0n) is 10.6. The van der Waals surface area contributed by atoms with E-state index in [1.165, 1.54) is 42.5 Å². The van der Waals surface area contributed by atoms with Crippen molar-refractivity contribution in [3.8, 4) is 0 Å². The van der Waals surface area contributed by atoms with E-state index in [0.29, 0.717) is 4.31 Å². The van der Waals surface area contributed by atoms with Gasteiger partial charge in [0.25, 0.3) is 15.7 Å². The molecule has 0 saturated heterocycles. The first-order valence-corrected chi connectivity index (χ1v) is 7.20. The van der Waals surface area contributed by atoms with Crippen LogP contribution in [0.5, 0.6) is 0 Å². The fourth-order valence-electron chi connectivity index (χ4n) is 1.71. The average molecular weight is 306 g/mol. The van der Waals surface area contributed by atoms with Crippen LogP contribution in [0.25, 0.3) is 0 Å². The van der Waals surface area contributed by atoms with Crippen LogP contribution in [0.4, 0.5) is 11.4 Å². The normalized spacial score (nSPS) is 10.9. The largest absolute Gasteiger partial charge is 0.277 e. The molecule has 0 atom stereocenters. The molecule has 0 N–H and O–H groups in total. The molecule has 108 valence electrons. The zero-order chi connectivity index (χ0) is 15.5. The Kier molecular flexibility index (Phi) is 3.99. The Morgan fingerprint density at radius 3 is 2.29 bits per heavy atom. The number of carbonyl (C=O) groups excluding carboxylic acids is 1. The smallest absolute Gasteiger partial charge is 0.271 e. The minimum Gasteiger partial charge on any atom is -0.277 e. The van der Waals surface area contributed by atoms with Crippen molar-refractivity contribution in [3.63, 3.8) is 0 Å². The van der Waals surface area contributed by atoms with Gasteiger partial charge in [0.15, 0.2) is 0 Å². The third-order valence-corrected chi connectivity index (χ3v) is 4.37. The monoisotopic (exact) mass is 306 g/mol. The molecule has 0 aromatic heterocycles. The van der Waals surface area contributed by atoms with E-state index >= 15 is 0 Å². The van der Waals surface area contributed by atoms with Gasteiger partial charge in [-0.05, 0) is 18.2 Å². The summed E-state index contributed by atoms with van der Waals surface area (Å²) in [6.07, 6.45) is 0.112. The molecule has 8 heteroatoms. The molecule has 2 rings (SSSR count). The summed E-state index contributed by atoms with van der Waals surface area (Å²) in [6.45, 7) is 0. The van der Waals surface area contributed by atoms with Crippen LogP contribution in [0.15, 0.2) is 59.5 Å². The van der Waals surface area contributed by atoms with Gasteiger partial charge in [-0.2, -0.15) is 0 Å². The Labute approximate surface area is 120 Å². The number of amides is 1. The molecule has 7 nitrogen and oxygen atoms in total. The van der Waals surface area contributed by atoms with Crippen LogP contribution in [0.1, 0.15) is 0 Å². The number of non-ortho nitro benzene ring substituents is 1. The summed E-state index contributed by atoms with van der Waals surface area (Å²) >= 11 is 0. The number of benzene rings is 2. The Bertz CT molecular complexity index is 774. The Morgan fingerprint density at radius 2 is 1.71 bits per heavy atom. The molecule has 0 unspecified atom stereocenters. The summed E-state index contributed by atoms with van der Waals surface area (Å²) in [6, 6.07) is 12.2. The number of nitro groups is 1. The van der Waals surface area contributed by atoms with Gasteiger partial charge in [-0.15, -0.1) is 0 Å². The number of anilines is 1. The summed E-state index contributed by atoms with van der Waals surface area (Å²) in [7, 11) is -4.10. The van der Waals surface area contributed by atoms with Crippen LogP contribution in [0.2, 0.25) is 0 Å². The number of hydrogen-bond acceptors (Lipinski definition) is 5. The van der Waals surface area contributed by atoms with Crippen LogP contribution < -0.4 is 4.31 Å². The maximum Gasteiger partial charge on any atom is 0.271 e. The molecule has 2 aromatic carbocycles. The first-order valence-electron chi connectivity index (χ1n) is 5.76. The van der Waals surface area contributed by atoms with Gasteiger partial charge in [-0.1, -0.05) is 24.3 Å². The third-order valence-electron chi connectivity index (χ3n) is 2.69. The number of nitro benzene ring substituents is 1. The summed E-state index contributed by atoms with van der Waals surface area (Å²) in [5.74, 6) is 0. The Morgan fingerprint density at radius 1 is 1.05 bits per heavy atom. The highest BCUT2D eigenvalue weighted by atomic mass is 32.2. The number of sulfonamides is 1. The van der Waals surface area contributed by atoms with Crippen molar-refractivity contribution in [3.05, 3.63) is 64.7 Å². The molecule has 0 radical (unpaired) electrons. The van der Waals surface area contributed by atoms with Crippen LogP contribution >= 0.6 is 0 Å². The first-order chi connectivity index (χ1) is 9.96. The summed E-state index contributed by atoms with van der Waals surface area (Å²) in [5.41, 5.74) is -0.398. The topological polar surface area (TPSA) is 97.6 Å². The van der Waals surface area contributed by atoms with Crippen molar-refractivity contribution >= 4 is 27.8 Å². The van der Waals surface area contributed by atoms with E-state index < -0.39 is 14.9 Å². The quantitative estimate of drug-likeness (QED) is 0.477. The van der Waals surface area contributed by atoms with Crippen molar-refractivity contribution in [2.24, 2.45) is 0 Å². The molecule has 0 heterocycles. The van der Waals surface area contributed by atoms with Gasteiger partial charge in [0, 0.05) is 12.1 Å².